The summed E-state index contributed by atoms with van der Waals surface area (Å²) in [6.07, 6.45) is 2.17. The summed E-state index contributed by atoms with van der Waals surface area (Å²) < 4.78 is 54.6. The van der Waals surface area contributed by atoms with Crippen LogP contribution >= 0.6 is 23.2 Å². The summed E-state index contributed by atoms with van der Waals surface area (Å²) in [6, 6.07) is 25.5. The zero-order valence-electron chi connectivity index (χ0n) is 45.2. The van der Waals surface area contributed by atoms with Crippen LogP contribution in [-0.4, -0.2) is 159 Å². The Morgan fingerprint density at radius 3 is 1.11 bits per heavy atom. The van der Waals surface area contributed by atoms with Gasteiger partial charge in [-0.15, -0.1) is 20.4 Å². The zero-order chi connectivity index (χ0) is 55.3. The van der Waals surface area contributed by atoms with Gasteiger partial charge < -0.3 is 42.6 Å². The molecule has 0 saturated carbocycles. The van der Waals surface area contributed by atoms with E-state index in [1.807, 2.05) is 108 Å². The van der Waals surface area contributed by atoms with E-state index in [0.29, 0.717) is 163 Å². The average molecular weight is 1120 g/mol. The van der Waals surface area contributed by atoms with Crippen LogP contribution in [0.1, 0.15) is 96.2 Å². The van der Waals surface area contributed by atoms with E-state index < -0.39 is 12.1 Å². The minimum Gasteiger partial charge on any atom is -0.497 e. The molecule has 4 heterocycles. The highest BCUT2D eigenvalue weighted by Gasteiger charge is 2.32. The van der Waals surface area contributed by atoms with Crippen molar-refractivity contribution in [2.45, 2.75) is 64.5 Å². The van der Waals surface area contributed by atoms with Crippen molar-refractivity contribution < 1.29 is 52.2 Å². The summed E-state index contributed by atoms with van der Waals surface area (Å²) in [5.41, 5.74) is 6.59. The number of benzene rings is 4. The number of hydrogen-bond acceptors (Lipinski definition) is 17. The molecule has 0 spiro atoms. The Morgan fingerprint density at radius 2 is 0.785 bits per heavy atom. The Labute approximate surface area is 470 Å². The van der Waals surface area contributed by atoms with E-state index in [0.717, 1.165) is 45.1 Å². The molecule has 0 amide bonds. The van der Waals surface area contributed by atoms with Gasteiger partial charge in [-0.25, -0.2) is 0 Å². The van der Waals surface area contributed by atoms with E-state index in [-0.39, 0.29) is 24.4 Å². The van der Waals surface area contributed by atoms with Gasteiger partial charge in [0.15, 0.2) is 11.6 Å². The van der Waals surface area contributed by atoms with Crippen molar-refractivity contribution in [1.82, 2.24) is 29.5 Å². The number of aromatic nitrogens is 6. The number of aryl methyl sites for hydroxylation is 2. The molecule has 8 rings (SSSR count). The van der Waals surface area contributed by atoms with Crippen LogP contribution in [0, 0.1) is 13.8 Å². The minimum atomic E-state index is -0.544. The number of ether oxygens (including phenoxy) is 9. The van der Waals surface area contributed by atoms with E-state index in [9.17, 15) is 9.59 Å². The van der Waals surface area contributed by atoms with Gasteiger partial charge >= 0.3 is 0 Å². The number of fused-ring (bicyclic) bond motifs is 6. The van der Waals surface area contributed by atoms with E-state index in [1.165, 1.54) is 0 Å². The molecule has 0 bridgehead atoms. The molecule has 6 aromatic rings. The monoisotopic (exact) mass is 1120 g/mol. The topological polar surface area (TPSA) is 203 Å². The second-order valence-corrected chi connectivity index (χ2v) is 19.5. The molecule has 19 nitrogen and oxygen atoms in total. The number of hydrogen-bond donors (Lipinski definition) is 0. The van der Waals surface area contributed by atoms with E-state index in [2.05, 4.69) is 20.4 Å². The fraction of sp³-hybridized carbons (Fsp3) is 0.448. The van der Waals surface area contributed by atoms with Gasteiger partial charge in [0.2, 0.25) is 0 Å². The quantitative estimate of drug-likeness (QED) is 0.0346. The summed E-state index contributed by atoms with van der Waals surface area (Å²) in [7, 11) is 3.25. The highest BCUT2D eigenvalue weighted by molar-refractivity contribution is 6.31. The third-order valence-electron chi connectivity index (χ3n) is 13.1. The smallest absolute Gasteiger partial charge is 0.162 e. The van der Waals surface area contributed by atoms with Crippen molar-refractivity contribution >= 4 is 46.2 Å². The average Bonchev–Trinajstić information content (AvgIpc) is 4.18. The molecule has 0 radical (unpaired) electrons. The Kier molecular flexibility index (Phi) is 22.6. The number of Topliss-reactive ketones (excluding diaryl/α,β-unsaturated/α-hetero) is 2. The molecule has 0 unspecified atom stereocenters. The molecule has 79 heavy (non-hydrogen) atoms. The summed E-state index contributed by atoms with van der Waals surface area (Å²) in [5, 5.41) is 18.9. The molecule has 0 aliphatic carbocycles. The van der Waals surface area contributed by atoms with Gasteiger partial charge in [0, 0.05) is 71.2 Å². The Balaban J connectivity index is 0.607. The minimum absolute atomic E-state index is 0.0557. The summed E-state index contributed by atoms with van der Waals surface area (Å²) >= 11 is 12.5. The second-order valence-electron chi connectivity index (χ2n) is 18.6. The zero-order valence-corrected chi connectivity index (χ0v) is 46.7. The number of nitrogens with zero attached hydrogens (tertiary/aromatic N) is 8. The summed E-state index contributed by atoms with van der Waals surface area (Å²) in [6.45, 7) is 9.80. The van der Waals surface area contributed by atoms with Crippen LogP contribution in [0.25, 0.3) is 11.4 Å². The summed E-state index contributed by atoms with van der Waals surface area (Å²) in [4.78, 5) is 37.0. The van der Waals surface area contributed by atoms with Crippen LogP contribution in [0.2, 0.25) is 10.0 Å². The van der Waals surface area contributed by atoms with Gasteiger partial charge in [0.1, 0.15) is 46.8 Å². The molecular formula is C58H68Cl2N8O11. The molecular weight excluding hydrogens is 1060 g/mol. The van der Waals surface area contributed by atoms with Crippen molar-refractivity contribution in [1.29, 1.82) is 0 Å². The molecule has 0 N–H and O–H groups in total. The van der Waals surface area contributed by atoms with Crippen LogP contribution in [0.15, 0.2) is 94.9 Å². The van der Waals surface area contributed by atoms with Gasteiger partial charge in [0.25, 0.3) is 0 Å². The number of ketones is 2. The molecule has 2 aliphatic rings. The van der Waals surface area contributed by atoms with Crippen molar-refractivity contribution in [2.75, 3.05) is 107 Å². The number of methoxy groups -OCH3 is 2. The number of carbonyl (C=O) groups excluding carboxylic acids is 2. The predicted octanol–water partition coefficient (Wildman–Crippen LogP) is 8.87. The first kappa shape index (κ1) is 58.9. The Bertz CT molecular complexity index is 2800. The Morgan fingerprint density at radius 1 is 0.456 bits per heavy atom. The summed E-state index contributed by atoms with van der Waals surface area (Å²) in [5.74, 6) is 4.10. The first-order chi connectivity index (χ1) is 38.6. The van der Waals surface area contributed by atoms with Crippen molar-refractivity contribution in [3.8, 4) is 22.9 Å². The largest absolute Gasteiger partial charge is 0.497 e. The van der Waals surface area contributed by atoms with Crippen LogP contribution < -0.4 is 9.47 Å². The van der Waals surface area contributed by atoms with Crippen LogP contribution in [-0.2, 0) is 42.7 Å². The third-order valence-corrected chi connectivity index (χ3v) is 13.6. The number of halogens is 2. The molecule has 21 heteroatoms. The fourth-order valence-electron chi connectivity index (χ4n) is 9.15. The van der Waals surface area contributed by atoms with Gasteiger partial charge in [-0.05, 0) is 87.4 Å². The van der Waals surface area contributed by atoms with Crippen molar-refractivity contribution in [3.05, 3.63) is 141 Å². The standard InChI is InChI=1S/C58H68Cl2N8O11/c1-39-63-65-57-51(61-55(41-9-13-43(59)14-10-41)49-37-47(71-3)17-19-53(49)67(39)57)35-45(69)7-5-21-73-23-25-75-27-29-77-31-33-79-34-32-78-30-28-76-26-24-74-22-6-8-46(70)36-52-58-66-64-40(2)68(58)54-20-18-48(72-4)38-50(54)56(62-52)42-11-15-44(60)16-12-42/h9-20,37-38,51-52H,5-8,21-36H2,1-4H3/t51-,52-/m0/s1. The first-order valence-electron chi connectivity index (χ1n) is 26.6. The lowest BCUT2D eigenvalue weighted by atomic mass is 9.99. The van der Waals surface area contributed by atoms with Gasteiger partial charge in [-0.1, -0.05) is 47.5 Å². The predicted molar refractivity (Wildman–Crippen MR) is 298 cm³/mol. The van der Waals surface area contributed by atoms with Gasteiger partial charge in [-0.3, -0.25) is 28.7 Å². The molecule has 2 aliphatic heterocycles. The van der Waals surface area contributed by atoms with Gasteiger partial charge in [-0.2, -0.15) is 0 Å². The second kappa shape index (κ2) is 30.4. The lowest BCUT2D eigenvalue weighted by Crippen LogP contribution is -2.15. The van der Waals surface area contributed by atoms with Crippen molar-refractivity contribution in [3.63, 3.8) is 0 Å². The maximum absolute atomic E-state index is 13.4. The third kappa shape index (κ3) is 16.4. The van der Waals surface area contributed by atoms with E-state index >= 15 is 0 Å². The molecule has 2 aromatic heterocycles. The SMILES string of the molecule is COc1ccc2c(c1)C(c1ccc(Cl)cc1)=N[C@@H](CC(=O)CCCOCCOCCOCCOCCOCCOCCOCCCC(=O)C[C@@H]1N=C(c3ccc(Cl)cc3)c3cc(OC)ccc3-n3c(C)nnc31)c1nnc(C)n1-2. The van der Waals surface area contributed by atoms with Gasteiger partial charge in [0.05, 0.1) is 116 Å². The molecule has 4 aromatic carbocycles. The number of rotatable bonds is 34. The number of aliphatic imine (C=N–C) groups is 2. The molecule has 2 atom stereocenters. The highest BCUT2D eigenvalue weighted by atomic mass is 35.5. The molecule has 420 valence electrons. The van der Waals surface area contributed by atoms with Crippen LogP contribution in [0.3, 0.4) is 0 Å². The maximum atomic E-state index is 13.4. The Hall–Kier alpha value is -6.26. The van der Waals surface area contributed by atoms with Crippen LogP contribution in [0.5, 0.6) is 11.5 Å². The number of carbonyl (C=O) groups is 2. The molecule has 0 fully saturated rings. The molecule has 0 saturated heterocycles. The van der Waals surface area contributed by atoms with Crippen molar-refractivity contribution in [2.24, 2.45) is 9.98 Å². The maximum Gasteiger partial charge on any atom is 0.162 e. The fourth-order valence-corrected chi connectivity index (χ4v) is 9.41. The first-order valence-corrected chi connectivity index (χ1v) is 27.3. The normalized spacial score (nSPS) is 14.6. The highest BCUT2D eigenvalue weighted by Crippen LogP contribution is 2.37. The van der Waals surface area contributed by atoms with Crippen LogP contribution in [0.4, 0.5) is 0 Å². The lowest BCUT2D eigenvalue weighted by Gasteiger charge is -2.14. The van der Waals surface area contributed by atoms with E-state index in [1.54, 1.807) is 14.2 Å². The lowest BCUT2D eigenvalue weighted by molar-refractivity contribution is -0.120. The van der Waals surface area contributed by atoms with E-state index in [4.69, 9.17) is 75.8 Å².